The molecule has 3 rings (SSSR count). The third kappa shape index (κ3) is 2.82. The summed E-state index contributed by atoms with van der Waals surface area (Å²) in [4.78, 5) is 12.8. The SMILES string of the molecule is C=C(C)CSc1nnc2c(=O)n(-c3cccc(C)c3C)ccn12. The van der Waals surface area contributed by atoms with E-state index in [2.05, 4.69) is 16.8 Å². The molecule has 2 aromatic heterocycles. The van der Waals surface area contributed by atoms with Gasteiger partial charge >= 0.3 is 5.56 Å². The average molecular weight is 326 g/mol. The molecule has 0 spiro atoms. The maximum absolute atomic E-state index is 12.8. The van der Waals surface area contributed by atoms with Gasteiger partial charge in [0.25, 0.3) is 0 Å². The molecule has 0 saturated heterocycles. The third-order valence-electron chi connectivity index (χ3n) is 3.72. The zero-order valence-electron chi connectivity index (χ0n) is 13.4. The zero-order chi connectivity index (χ0) is 16.6. The number of nitrogens with zero attached hydrogens (tertiary/aromatic N) is 4. The molecule has 23 heavy (non-hydrogen) atoms. The van der Waals surface area contributed by atoms with E-state index in [1.54, 1.807) is 15.2 Å². The second-order valence-corrected chi connectivity index (χ2v) is 6.56. The Balaban J connectivity index is 2.12. The maximum Gasteiger partial charge on any atom is 0.300 e. The normalized spacial score (nSPS) is 11.1. The minimum atomic E-state index is -0.170. The van der Waals surface area contributed by atoms with Crippen molar-refractivity contribution in [2.45, 2.75) is 25.9 Å². The lowest BCUT2D eigenvalue weighted by atomic mass is 10.1. The van der Waals surface area contributed by atoms with E-state index in [0.717, 1.165) is 28.1 Å². The van der Waals surface area contributed by atoms with Gasteiger partial charge in [-0.15, -0.1) is 10.2 Å². The van der Waals surface area contributed by atoms with Crippen molar-refractivity contribution in [3.05, 3.63) is 64.2 Å². The summed E-state index contributed by atoms with van der Waals surface area (Å²) in [5.41, 5.74) is 4.31. The van der Waals surface area contributed by atoms with Crippen molar-refractivity contribution < 1.29 is 0 Å². The molecule has 1 aromatic carbocycles. The van der Waals surface area contributed by atoms with Crippen molar-refractivity contribution in [2.24, 2.45) is 0 Å². The van der Waals surface area contributed by atoms with Crippen LogP contribution < -0.4 is 5.56 Å². The van der Waals surface area contributed by atoms with Crippen LogP contribution in [0.15, 0.2) is 52.7 Å². The lowest BCUT2D eigenvalue weighted by Gasteiger charge is -2.11. The second-order valence-electron chi connectivity index (χ2n) is 5.61. The first-order chi connectivity index (χ1) is 11.0. The van der Waals surface area contributed by atoms with Crippen LogP contribution in [-0.2, 0) is 0 Å². The van der Waals surface area contributed by atoms with Crippen LogP contribution in [0.4, 0.5) is 0 Å². The molecule has 0 aliphatic rings. The van der Waals surface area contributed by atoms with Crippen LogP contribution in [0.2, 0.25) is 0 Å². The molecule has 2 heterocycles. The monoisotopic (exact) mass is 326 g/mol. The molecule has 0 saturated carbocycles. The molecular formula is C17H18N4OS. The highest BCUT2D eigenvalue weighted by atomic mass is 32.2. The van der Waals surface area contributed by atoms with E-state index >= 15 is 0 Å². The van der Waals surface area contributed by atoms with E-state index in [-0.39, 0.29) is 5.56 Å². The predicted octanol–water partition coefficient (Wildman–Crippen LogP) is 3.17. The van der Waals surface area contributed by atoms with Gasteiger partial charge in [-0.05, 0) is 38.0 Å². The van der Waals surface area contributed by atoms with Crippen molar-refractivity contribution in [3.8, 4) is 5.69 Å². The van der Waals surface area contributed by atoms with E-state index in [4.69, 9.17) is 0 Å². The average Bonchev–Trinajstić information content (AvgIpc) is 2.93. The number of fused-ring (bicyclic) bond motifs is 1. The minimum absolute atomic E-state index is 0.170. The molecule has 0 fully saturated rings. The fourth-order valence-corrected chi connectivity index (χ4v) is 3.10. The number of aryl methyl sites for hydroxylation is 1. The van der Waals surface area contributed by atoms with E-state index in [1.807, 2.05) is 45.2 Å². The van der Waals surface area contributed by atoms with E-state index < -0.39 is 0 Å². The third-order valence-corrected chi connectivity index (χ3v) is 4.90. The van der Waals surface area contributed by atoms with Gasteiger partial charge in [0.15, 0.2) is 5.16 Å². The molecule has 0 N–H and O–H groups in total. The highest BCUT2D eigenvalue weighted by Gasteiger charge is 2.13. The Morgan fingerprint density at radius 3 is 2.78 bits per heavy atom. The fraction of sp³-hybridized carbons (Fsp3) is 0.235. The van der Waals surface area contributed by atoms with Crippen LogP contribution in [0.1, 0.15) is 18.1 Å². The summed E-state index contributed by atoms with van der Waals surface area (Å²) in [7, 11) is 0. The fourth-order valence-electron chi connectivity index (χ4n) is 2.34. The molecule has 3 aromatic rings. The first kappa shape index (κ1) is 15.6. The highest BCUT2D eigenvalue weighted by Crippen LogP contribution is 2.19. The van der Waals surface area contributed by atoms with Crippen molar-refractivity contribution in [1.29, 1.82) is 0 Å². The minimum Gasteiger partial charge on any atom is -0.279 e. The standard InChI is InChI=1S/C17H18N4OS/c1-11(2)10-23-17-19-18-15-16(22)20(8-9-21(15)17)14-7-5-6-12(3)13(14)4/h5-9H,1,10H2,2-4H3. The molecule has 0 bridgehead atoms. The summed E-state index contributed by atoms with van der Waals surface area (Å²) in [5.74, 6) is 0.751. The molecule has 118 valence electrons. The number of aromatic nitrogens is 4. The van der Waals surface area contributed by atoms with Gasteiger partial charge in [0.05, 0.1) is 5.69 Å². The number of benzene rings is 1. The van der Waals surface area contributed by atoms with Crippen molar-refractivity contribution in [3.63, 3.8) is 0 Å². The summed E-state index contributed by atoms with van der Waals surface area (Å²) >= 11 is 1.52. The van der Waals surface area contributed by atoms with Gasteiger partial charge < -0.3 is 0 Å². The van der Waals surface area contributed by atoms with Crippen molar-refractivity contribution in [1.82, 2.24) is 19.2 Å². The predicted molar refractivity (Wildman–Crippen MR) is 93.6 cm³/mol. The molecule has 6 heteroatoms. The molecule has 0 unspecified atom stereocenters. The van der Waals surface area contributed by atoms with Crippen LogP contribution in [0, 0.1) is 13.8 Å². The lowest BCUT2D eigenvalue weighted by molar-refractivity contribution is 0.890. The Bertz CT molecular complexity index is 955. The lowest BCUT2D eigenvalue weighted by Crippen LogP contribution is -2.21. The van der Waals surface area contributed by atoms with Crippen LogP contribution >= 0.6 is 11.8 Å². The van der Waals surface area contributed by atoms with Crippen LogP contribution in [0.5, 0.6) is 0 Å². The largest absolute Gasteiger partial charge is 0.300 e. The summed E-state index contributed by atoms with van der Waals surface area (Å²) in [5, 5.41) is 8.89. The summed E-state index contributed by atoms with van der Waals surface area (Å²) in [6, 6.07) is 5.92. The zero-order valence-corrected chi connectivity index (χ0v) is 14.2. The van der Waals surface area contributed by atoms with Gasteiger partial charge in [-0.2, -0.15) is 0 Å². The van der Waals surface area contributed by atoms with E-state index in [1.165, 1.54) is 11.8 Å². The van der Waals surface area contributed by atoms with Gasteiger partial charge in [0.1, 0.15) is 0 Å². The van der Waals surface area contributed by atoms with Crippen LogP contribution in [0.25, 0.3) is 11.3 Å². The van der Waals surface area contributed by atoms with E-state index in [0.29, 0.717) is 10.8 Å². The Morgan fingerprint density at radius 2 is 2.04 bits per heavy atom. The highest BCUT2D eigenvalue weighted by molar-refractivity contribution is 7.99. The molecular weight excluding hydrogens is 308 g/mol. The first-order valence-electron chi connectivity index (χ1n) is 7.29. The molecule has 0 aliphatic carbocycles. The van der Waals surface area contributed by atoms with E-state index in [9.17, 15) is 4.79 Å². The van der Waals surface area contributed by atoms with Crippen molar-refractivity contribution in [2.75, 3.05) is 5.75 Å². The van der Waals surface area contributed by atoms with Crippen LogP contribution in [-0.4, -0.2) is 24.9 Å². The Kier molecular flexibility index (Phi) is 4.09. The Morgan fingerprint density at radius 1 is 1.26 bits per heavy atom. The quantitative estimate of drug-likeness (QED) is 0.546. The number of hydrogen-bond acceptors (Lipinski definition) is 4. The van der Waals surface area contributed by atoms with Gasteiger partial charge in [0, 0.05) is 18.1 Å². The molecule has 0 radical (unpaired) electrons. The number of thioether (sulfide) groups is 1. The topological polar surface area (TPSA) is 52.2 Å². The summed E-state index contributed by atoms with van der Waals surface area (Å²) in [6.45, 7) is 9.89. The molecule has 0 amide bonds. The number of rotatable bonds is 4. The first-order valence-corrected chi connectivity index (χ1v) is 8.28. The van der Waals surface area contributed by atoms with Crippen molar-refractivity contribution >= 4 is 17.4 Å². The number of hydrogen-bond donors (Lipinski definition) is 0. The molecule has 0 atom stereocenters. The summed E-state index contributed by atoms with van der Waals surface area (Å²) < 4.78 is 3.36. The second kappa shape index (κ2) is 6.04. The van der Waals surface area contributed by atoms with Gasteiger partial charge in [-0.1, -0.05) is 36.0 Å². The van der Waals surface area contributed by atoms with Crippen LogP contribution in [0.3, 0.4) is 0 Å². The Hall–Kier alpha value is -2.34. The van der Waals surface area contributed by atoms with Gasteiger partial charge in [0.2, 0.25) is 5.65 Å². The summed E-state index contributed by atoms with van der Waals surface area (Å²) in [6.07, 6.45) is 3.60. The molecule has 0 aliphatic heterocycles. The smallest absolute Gasteiger partial charge is 0.279 e. The van der Waals surface area contributed by atoms with Gasteiger partial charge in [-0.25, -0.2) is 0 Å². The molecule has 5 nitrogen and oxygen atoms in total. The Labute approximate surface area is 138 Å². The van der Waals surface area contributed by atoms with Gasteiger partial charge in [-0.3, -0.25) is 13.8 Å². The maximum atomic E-state index is 12.8.